The van der Waals surface area contributed by atoms with Gasteiger partial charge in [-0.25, -0.2) is 0 Å². The molecule has 2 heterocycles. The predicted octanol–water partition coefficient (Wildman–Crippen LogP) is 3.00. The molecule has 3 nitrogen and oxygen atoms in total. The van der Waals surface area contributed by atoms with Gasteiger partial charge in [0, 0.05) is 17.8 Å². The van der Waals surface area contributed by atoms with Gasteiger partial charge in [0.05, 0.1) is 11.9 Å². The third-order valence-corrected chi connectivity index (χ3v) is 3.33. The fourth-order valence-corrected chi connectivity index (χ4v) is 2.25. The van der Waals surface area contributed by atoms with Crippen LogP contribution < -0.4 is 5.56 Å². The van der Waals surface area contributed by atoms with E-state index >= 15 is 0 Å². The topological polar surface area (TPSA) is 34.9 Å². The van der Waals surface area contributed by atoms with Gasteiger partial charge < -0.3 is 0 Å². The van der Waals surface area contributed by atoms with Crippen LogP contribution in [0.3, 0.4) is 0 Å². The maximum atomic E-state index is 12.6. The van der Waals surface area contributed by atoms with Crippen molar-refractivity contribution < 1.29 is 0 Å². The highest BCUT2D eigenvalue weighted by atomic mass is 16.1. The SMILES string of the molecule is Cc1ccc2ccn(-c3cnccc3C)c(=O)c2c1. The van der Waals surface area contributed by atoms with Gasteiger partial charge in [-0.15, -0.1) is 0 Å². The van der Waals surface area contributed by atoms with Crippen LogP contribution in [0.1, 0.15) is 11.1 Å². The number of pyridine rings is 2. The molecule has 0 radical (unpaired) electrons. The second kappa shape index (κ2) is 4.35. The van der Waals surface area contributed by atoms with Crippen LogP contribution in [0.2, 0.25) is 0 Å². The summed E-state index contributed by atoms with van der Waals surface area (Å²) >= 11 is 0. The van der Waals surface area contributed by atoms with Crippen molar-refractivity contribution in [3.05, 3.63) is 70.4 Å². The number of fused-ring (bicyclic) bond motifs is 1. The lowest BCUT2D eigenvalue weighted by molar-refractivity contribution is 0.980. The quantitative estimate of drug-likeness (QED) is 0.665. The van der Waals surface area contributed by atoms with Gasteiger partial charge in [-0.1, -0.05) is 17.7 Å². The molecule has 0 unspecified atom stereocenters. The smallest absolute Gasteiger partial charge is 0.263 e. The number of rotatable bonds is 1. The summed E-state index contributed by atoms with van der Waals surface area (Å²) in [6.07, 6.45) is 5.26. The third kappa shape index (κ3) is 1.93. The zero-order valence-electron chi connectivity index (χ0n) is 10.9. The zero-order valence-corrected chi connectivity index (χ0v) is 10.9. The Morgan fingerprint density at radius 2 is 1.95 bits per heavy atom. The van der Waals surface area contributed by atoms with Crippen LogP contribution in [0.5, 0.6) is 0 Å². The highest BCUT2D eigenvalue weighted by Gasteiger charge is 2.06. The Bertz CT molecular complexity index is 818. The van der Waals surface area contributed by atoms with E-state index in [1.807, 2.05) is 50.4 Å². The lowest BCUT2D eigenvalue weighted by atomic mass is 10.1. The Labute approximate surface area is 111 Å². The van der Waals surface area contributed by atoms with E-state index in [-0.39, 0.29) is 5.56 Å². The molecule has 2 aromatic heterocycles. The first-order valence-electron chi connectivity index (χ1n) is 6.20. The van der Waals surface area contributed by atoms with Crippen molar-refractivity contribution >= 4 is 10.8 Å². The molecule has 0 aliphatic carbocycles. The van der Waals surface area contributed by atoms with E-state index in [4.69, 9.17) is 0 Å². The molecule has 0 N–H and O–H groups in total. The molecule has 3 aromatic rings. The minimum Gasteiger partial charge on any atom is -0.282 e. The van der Waals surface area contributed by atoms with Gasteiger partial charge in [0.15, 0.2) is 0 Å². The molecule has 0 amide bonds. The Morgan fingerprint density at radius 3 is 2.74 bits per heavy atom. The summed E-state index contributed by atoms with van der Waals surface area (Å²) < 4.78 is 1.66. The van der Waals surface area contributed by atoms with E-state index in [2.05, 4.69) is 4.98 Å². The molecule has 0 aliphatic rings. The second-order valence-electron chi connectivity index (χ2n) is 4.74. The van der Waals surface area contributed by atoms with Crippen molar-refractivity contribution in [2.75, 3.05) is 0 Å². The van der Waals surface area contributed by atoms with Crippen LogP contribution in [0.4, 0.5) is 0 Å². The number of hydrogen-bond acceptors (Lipinski definition) is 2. The summed E-state index contributed by atoms with van der Waals surface area (Å²) in [5.74, 6) is 0. The molecule has 0 fully saturated rings. The highest BCUT2D eigenvalue weighted by Crippen LogP contribution is 2.15. The summed E-state index contributed by atoms with van der Waals surface area (Å²) in [4.78, 5) is 16.7. The van der Waals surface area contributed by atoms with Crippen molar-refractivity contribution in [2.45, 2.75) is 13.8 Å². The highest BCUT2D eigenvalue weighted by molar-refractivity contribution is 5.82. The number of aromatic nitrogens is 2. The van der Waals surface area contributed by atoms with E-state index < -0.39 is 0 Å². The Kier molecular flexibility index (Phi) is 2.67. The van der Waals surface area contributed by atoms with Crippen molar-refractivity contribution in [1.29, 1.82) is 0 Å². The summed E-state index contributed by atoms with van der Waals surface area (Å²) in [6.45, 7) is 3.97. The Balaban J connectivity index is 2.35. The fourth-order valence-electron chi connectivity index (χ4n) is 2.25. The molecule has 3 rings (SSSR count). The minimum absolute atomic E-state index is 0.00250. The van der Waals surface area contributed by atoms with Gasteiger partial charge in [0.2, 0.25) is 0 Å². The molecule has 0 bridgehead atoms. The molecule has 94 valence electrons. The molecule has 0 saturated carbocycles. The summed E-state index contributed by atoms with van der Waals surface area (Å²) in [5.41, 5.74) is 2.95. The van der Waals surface area contributed by atoms with E-state index in [1.165, 1.54) is 0 Å². The first-order valence-corrected chi connectivity index (χ1v) is 6.20. The maximum Gasteiger partial charge on any atom is 0.263 e. The molecule has 3 heteroatoms. The molecular weight excluding hydrogens is 236 g/mol. The molecule has 0 saturated heterocycles. The largest absolute Gasteiger partial charge is 0.282 e. The summed E-state index contributed by atoms with van der Waals surface area (Å²) in [7, 11) is 0. The first kappa shape index (κ1) is 11.7. The Hall–Kier alpha value is -2.42. The molecule has 0 spiro atoms. The van der Waals surface area contributed by atoms with Crippen LogP contribution in [-0.4, -0.2) is 9.55 Å². The van der Waals surface area contributed by atoms with E-state index in [1.54, 1.807) is 17.0 Å². The van der Waals surface area contributed by atoms with Crippen molar-refractivity contribution in [1.82, 2.24) is 9.55 Å². The van der Waals surface area contributed by atoms with Crippen molar-refractivity contribution in [2.24, 2.45) is 0 Å². The van der Waals surface area contributed by atoms with Crippen LogP contribution in [-0.2, 0) is 0 Å². The fraction of sp³-hybridized carbons (Fsp3) is 0.125. The van der Waals surface area contributed by atoms with E-state index in [0.29, 0.717) is 0 Å². The first-order chi connectivity index (χ1) is 9.16. The van der Waals surface area contributed by atoms with Crippen LogP contribution in [0.15, 0.2) is 53.7 Å². The molecule has 0 atom stereocenters. The lowest BCUT2D eigenvalue weighted by Crippen LogP contribution is -2.18. The van der Waals surface area contributed by atoms with Gasteiger partial charge in [-0.05, 0) is 43.0 Å². The van der Waals surface area contributed by atoms with Gasteiger partial charge in [0.25, 0.3) is 5.56 Å². The standard InChI is InChI=1S/C16H14N2O/c1-11-3-4-13-6-8-18(16(19)14(13)9-11)15-10-17-7-5-12(15)2/h3-10H,1-2H3. The Morgan fingerprint density at radius 1 is 1.11 bits per heavy atom. The predicted molar refractivity (Wildman–Crippen MR) is 76.8 cm³/mol. The second-order valence-corrected chi connectivity index (χ2v) is 4.74. The number of aryl methyl sites for hydroxylation is 2. The minimum atomic E-state index is -0.00250. The van der Waals surface area contributed by atoms with Gasteiger partial charge >= 0.3 is 0 Å². The average molecular weight is 250 g/mol. The normalized spacial score (nSPS) is 10.8. The van der Waals surface area contributed by atoms with Crippen molar-refractivity contribution in [3.8, 4) is 5.69 Å². The number of benzene rings is 1. The van der Waals surface area contributed by atoms with Crippen LogP contribution in [0.25, 0.3) is 16.5 Å². The monoisotopic (exact) mass is 250 g/mol. The zero-order chi connectivity index (χ0) is 13.4. The van der Waals surface area contributed by atoms with E-state index in [9.17, 15) is 4.79 Å². The van der Waals surface area contributed by atoms with Crippen molar-refractivity contribution in [3.63, 3.8) is 0 Å². The van der Waals surface area contributed by atoms with Gasteiger partial charge in [0.1, 0.15) is 0 Å². The lowest BCUT2D eigenvalue weighted by Gasteiger charge is -2.09. The molecule has 1 aromatic carbocycles. The number of hydrogen-bond donors (Lipinski definition) is 0. The summed E-state index contributed by atoms with van der Waals surface area (Å²) in [5, 5.41) is 1.71. The molecule has 0 aliphatic heterocycles. The average Bonchev–Trinajstić information content (AvgIpc) is 2.41. The maximum absolute atomic E-state index is 12.6. The third-order valence-electron chi connectivity index (χ3n) is 3.33. The van der Waals surface area contributed by atoms with Gasteiger partial charge in [-0.3, -0.25) is 14.3 Å². The summed E-state index contributed by atoms with van der Waals surface area (Å²) in [6, 6.07) is 9.79. The number of nitrogens with zero attached hydrogens (tertiary/aromatic N) is 2. The van der Waals surface area contributed by atoms with Crippen LogP contribution >= 0.6 is 0 Å². The van der Waals surface area contributed by atoms with Crippen LogP contribution in [0, 0.1) is 13.8 Å². The van der Waals surface area contributed by atoms with E-state index in [0.717, 1.165) is 27.6 Å². The molecular formula is C16H14N2O. The molecule has 19 heavy (non-hydrogen) atoms. The van der Waals surface area contributed by atoms with Gasteiger partial charge in [-0.2, -0.15) is 0 Å².